The van der Waals surface area contributed by atoms with Crippen LogP contribution in [0.3, 0.4) is 0 Å². The van der Waals surface area contributed by atoms with Crippen LogP contribution in [0.15, 0.2) is 12.4 Å². The minimum atomic E-state index is -3.67. The minimum absolute atomic E-state index is 1.08. The smallest absolute Gasteiger partial charge is 0.362 e. The Morgan fingerprint density at radius 2 is 1.65 bits per heavy atom. The van der Waals surface area contributed by atoms with E-state index in [1.807, 2.05) is 0 Å². The standard InChI is InChI=1S/C11H22N2.CHF3/c1-3-4-5-6-7-8-13-10-9-12(2)11-13;2-1(3)4/h9-10H,3-8,11H2,1-2H3;1H. The Bertz CT molecular complexity index is 195. The number of nitrogens with zero attached hydrogens (tertiary/aromatic N) is 2. The summed E-state index contributed by atoms with van der Waals surface area (Å²) in [4.78, 5) is 4.60. The number of rotatable bonds is 6. The molecule has 1 heterocycles. The van der Waals surface area contributed by atoms with Gasteiger partial charge in [0.25, 0.3) is 0 Å². The van der Waals surface area contributed by atoms with Crippen LogP contribution in [-0.2, 0) is 0 Å². The second-order valence-electron chi connectivity index (χ2n) is 4.17. The van der Waals surface area contributed by atoms with Crippen LogP contribution in [0, 0.1) is 0 Å². The van der Waals surface area contributed by atoms with Crippen LogP contribution < -0.4 is 0 Å². The Hall–Kier alpha value is -0.870. The van der Waals surface area contributed by atoms with Crippen molar-refractivity contribution in [3.63, 3.8) is 0 Å². The molecule has 0 aromatic heterocycles. The van der Waals surface area contributed by atoms with Gasteiger partial charge in [-0.15, -0.1) is 0 Å². The molecule has 0 unspecified atom stereocenters. The molecule has 0 radical (unpaired) electrons. The fourth-order valence-electron chi connectivity index (χ4n) is 1.65. The topological polar surface area (TPSA) is 6.48 Å². The van der Waals surface area contributed by atoms with Crippen molar-refractivity contribution in [3.05, 3.63) is 12.4 Å². The third-order valence-electron chi connectivity index (χ3n) is 2.49. The predicted molar refractivity (Wildman–Crippen MR) is 64.3 cm³/mol. The van der Waals surface area contributed by atoms with Gasteiger partial charge in [-0.3, -0.25) is 0 Å². The fraction of sp³-hybridized carbons (Fsp3) is 0.833. The maximum absolute atomic E-state index is 9.67. The third kappa shape index (κ3) is 11.4. The summed E-state index contributed by atoms with van der Waals surface area (Å²) in [5.74, 6) is 0. The van der Waals surface area contributed by atoms with Gasteiger partial charge in [0, 0.05) is 26.0 Å². The Kier molecular flexibility index (Phi) is 9.77. The van der Waals surface area contributed by atoms with Crippen molar-refractivity contribution < 1.29 is 13.2 Å². The highest BCUT2D eigenvalue weighted by atomic mass is 19.4. The maximum atomic E-state index is 9.67. The molecule has 0 amide bonds. The van der Waals surface area contributed by atoms with Crippen molar-refractivity contribution >= 4 is 0 Å². The Morgan fingerprint density at radius 3 is 2.12 bits per heavy atom. The molecule has 102 valence electrons. The van der Waals surface area contributed by atoms with Gasteiger partial charge in [-0.25, -0.2) is 0 Å². The van der Waals surface area contributed by atoms with Crippen molar-refractivity contribution in [1.29, 1.82) is 0 Å². The van der Waals surface area contributed by atoms with Crippen molar-refractivity contribution in [2.75, 3.05) is 20.3 Å². The van der Waals surface area contributed by atoms with E-state index < -0.39 is 6.68 Å². The molecule has 1 rings (SSSR count). The Labute approximate surface area is 102 Å². The maximum Gasteiger partial charge on any atom is 0.379 e. The zero-order chi connectivity index (χ0) is 13.1. The molecule has 0 saturated carbocycles. The van der Waals surface area contributed by atoms with E-state index in [4.69, 9.17) is 0 Å². The lowest BCUT2D eigenvalue weighted by atomic mass is 10.1. The van der Waals surface area contributed by atoms with Gasteiger partial charge in [-0.05, 0) is 6.42 Å². The van der Waals surface area contributed by atoms with Gasteiger partial charge in [0.1, 0.15) is 0 Å². The highest BCUT2D eigenvalue weighted by Gasteiger charge is 2.06. The van der Waals surface area contributed by atoms with Gasteiger partial charge in [0.2, 0.25) is 0 Å². The third-order valence-corrected chi connectivity index (χ3v) is 2.49. The SMILES string of the molecule is CCCCCCCN1C=CN(C)C1.FC(F)F. The quantitative estimate of drug-likeness (QED) is 0.663. The first kappa shape index (κ1) is 16.1. The summed E-state index contributed by atoms with van der Waals surface area (Å²) in [6.45, 7) is 0.899. The largest absolute Gasteiger partial charge is 0.379 e. The van der Waals surface area contributed by atoms with Gasteiger partial charge >= 0.3 is 6.68 Å². The lowest BCUT2D eigenvalue weighted by Crippen LogP contribution is -2.23. The first-order chi connectivity index (χ1) is 8.06. The number of halogens is 3. The molecule has 0 saturated heterocycles. The monoisotopic (exact) mass is 252 g/mol. The molecule has 0 aromatic carbocycles. The van der Waals surface area contributed by atoms with Crippen LogP contribution in [0.1, 0.15) is 39.0 Å². The van der Waals surface area contributed by atoms with E-state index in [9.17, 15) is 13.2 Å². The normalized spacial score (nSPS) is 14.2. The van der Waals surface area contributed by atoms with Crippen LogP contribution in [0.5, 0.6) is 0 Å². The number of alkyl halides is 3. The van der Waals surface area contributed by atoms with Crippen molar-refractivity contribution in [3.8, 4) is 0 Å². The molecular formula is C12H23F3N2. The lowest BCUT2D eigenvalue weighted by Gasteiger charge is -2.17. The summed E-state index contributed by atoms with van der Waals surface area (Å²) in [6, 6.07) is 0. The number of unbranched alkanes of at least 4 members (excludes halogenated alkanes) is 4. The van der Waals surface area contributed by atoms with E-state index in [0.717, 1.165) is 6.67 Å². The van der Waals surface area contributed by atoms with Crippen molar-refractivity contribution in [1.82, 2.24) is 9.80 Å². The zero-order valence-electron chi connectivity index (χ0n) is 10.7. The zero-order valence-corrected chi connectivity index (χ0v) is 10.7. The van der Waals surface area contributed by atoms with Crippen LogP contribution in [0.25, 0.3) is 0 Å². The second kappa shape index (κ2) is 10.3. The van der Waals surface area contributed by atoms with E-state index in [-0.39, 0.29) is 0 Å². The molecule has 0 N–H and O–H groups in total. The molecule has 0 spiro atoms. The lowest BCUT2D eigenvalue weighted by molar-refractivity contribution is 0.00819. The average molecular weight is 252 g/mol. The fourth-order valence-corrected chi connectivity index (χ4v) is 1.65. The molecule has 17 heavy (non-hydrogen) atoms. The number of hydrogen-bond donors (Lipinski definition) is 0. The molecule has 0 aliphatic carbocycles. The van der Waals surface area contributed by atoms with Gasteiger partial charge in [0.05, 0.1) is 6.67 Å². The molecule has 5 heteroatoms. The number of hydrogen-bond acceptors (Lipinski definition) is 2. The van der Waals surface area contributed by atoms with Crippen molar-refractivity contribution in [2.45, 2.75) is 45.7 Å². The van der Waals surface area contributed by atoms with Gasteiger partial charge in [0.15, 0.2) is 0 Å². The second-order valence-corrected chi connectivity index (χ2v) is 4.17. The summed E-state index contributed by atoms with van der Waals surface area (Å²) < 4.78 is 29.0. The van der Waals surface area contributed by atoms with E-state index in [1.54, 1.807) is 0 Å². The first-order valence-corrected chi connectivity index (χ1v) is 6.11. The van der Waals surface area contributed by atoms with Crippen molar-refractivity contribution in [2.24, 2.45) is 0 Å². The van der Waals surface area contributed by atoms with Crippen LogP contribution in [-0.4, -0.2) is 36.7 Å². The Balaban J connectivity index is 0.000000557. The molecule has 0 atom stereocenters. The molecule has 1 aliphatic rings. The molecular weight excluding hydrogens is 229 g/mol. The van der Waals surface area contributed by atoms with Gasteiger partial charge in [-0.1, -0.05) is 32.6 Å². The minimum Gasteiger partial charge on any atom is -0.362 e. The highest BCUT2D eigenvalue weighted by Crippen LogP contribution is 2.07. The van der Waals surface area contributed by atoms with Gasteiger partial charge in [-0.2, -0.15) is 13.2 Å². The molecule has 0 fully saturated rings. The first-order valence-electron chi connectivity index (χ1n) is 6.11. The van der Waals surface area contributed by atoms with Gasteiger partial charge < -0.3 is 9.80 Å². The molecule has 0 bridgehead atoms. The summed E-state index contributed by atoms with van der Waals surface area (Å²) >= 11 is 0. The summed E-state index contributed by atoms with van der Waals surface area (Å²) in [6.07, 6.45) is 11.2. The summed E-state index contributed by atoms with van der Waals surface area (Å²) in [5.41, 5.74) is 0. The summed E-state index contributed by atoms with van der Waals surface area (Å²) in [5, 5.41) is 0. The molecule has 1 aliphatic heterocycles. The van der Waals surface area contributed by atoms with E-state index in [2.05, 4.69) is 36.2 Å². The van der Waals surface area contributed by atoms with E-state index in [0.29, 0.717) is 0 Å². The Morgan fingerprint density at radius 1 is 1.06 bits per heavy atom. The van der Waals surface area contributed by atoms with Crippen LogP contribution in [0.4, 0.5) is 13.2 Å². The van der Waals surface area contributed by atoms with E-state index >= 15 is 0 Å². The average Bonchev–Trinajstić information content (AvgIpc) is 2.63. The van der Waals surface area contributed by atoms with Crippen LogP contribution in [0.2, 0.25) is 0 Å². The van der Waals surface area contributed by atoms with Crippen LogP contribution >= 0.6 is 0 Å². The molecule has 0 aromatic rings. The predicted octanol–water partition coefficient (Wildman–Crippen LogP) is 3.81. The molecule has 2 nitrogen and oxygen atoms in total. The van der Waals surface area contributed by atoms with E-state index in [1.165, 1.54) is 38.6 Å². The summed E-state index contributed by atoms with van der Waals surface area (Å²) in [7, 11) is 2.12. The highest BCUT2D eigenvalue weighted by molar-refractivity contribution is 4.88.